The molecule has 4 nitrogen and oxygen atoms in total. The van der Waals surface area contributed by atoms with E-state index < -0.39 is 0 Å². The maximum Gasteiger partial charge on any atom is 0.251 e. The summed E-state index contributed by atoms with van der Waals surface area (Å²) in [5.41, 5.74) is 2.20. The molecule has 0 saturated carbocycles. The Balaban J connectivity index is 1.47. The maximum atomic E-state index is 12.3. The van der Waals surface area contributed by atoms with Crippen LogP contribution < -0.4 is 10.1 Å². The van der Waals surface area contributed by atoms with Crippen molar-refractivity contribution < 1.29 is 14.6 Å². The van der Waals surface area contributed by atoms with Crippen LogP contribution in [0, 0.1) is 0 Å². The molecule has 2 aromatic carbocycles. The first-order chi connectivity index (χ1) is 19.6. The van der Waals surface area contributed by atoms with Gasteiger partial charge in [0.25, 0.3) is 5.91 Å². The van der Waals surface area contributed by atoms with E-state index in [0.717, 1.165) is 24.3 Å². The number of amides is 1. The third-order valence-electron chi connectivity index (χ3n) is 7.24. The molecule has 0 radical (unpaired) electrons. The number of phenols is 1. The van der Waals surface area contributed by atoms with Crippen molar-refractivity contribution in [2.45, 2.75) is 117 Å². The van der Waals surface area contributed by atoms with Crippen LogP contribution in [-0.4, -0.2) is 17.6 Å². The van der Waals surface area contributed by atoms with Crippen LogP contribution >= 0.6 is 0 Å². The third-order valence-corrected chi connectivity index (χ3v) is 7.24. The maximum absolute atomic E-state index is 12.3. The normalized spacial score (nSPS) is 11.7. The number of nitrogens with one attached hydrogen (secondary N) is 1. The van der Waals surface area contributed by atoms with Gasteiger partial charge in [-0.25, -0.2) is 0 Å². The molecule has 1 amide bonds. The lowest BCUT2D eigenvalue weighted by molar-refractivity contribution is -0.112. The number of benzene rings is 2. The standard InChI is InChI=1S/C36H53NO3/c1-3-4-5-6-7-8-9-10-11-12-13-14-15-16-17-18-29-40-35-27-25-32(26-28-35)22-19-21-31(2)36(39)37-33-23-20-24-34(38)30-33/h19-28,30,38H,3-18,29H2,1-2H3,(H,37,39). The lowest BCUT2D eigenvalue weighted by Gasteiger charge is -2.07. The molecule has 0 unspecified atom stereocenters. The summed E-state index contributed by atoms with van der Waals surface area (Å²) in [5, 5.41) is 12.3. The molecular formula is C36H53NO3. The minimum absolute atomic E-state index is 0.122. The average Bonchev–Trinajstić information content (AvgIpc) is 2.95. The zero-order valence-corrected chi connectivity index (χ0v) is 25.1. The van der Waals surface area contributed by atoms with E-state index in [1.54, 1.807) is 31.2 Å². The topological polar surface area (TPSA) is 58.6 Å². The molecule has 220 valence electrons. The van der Waals surface area contributed by atoms with Gasteiger partial charge in [-0.3, -0.25) is 4.79 Å². The van der Waals surface area contributed by atoms with Crippen LogP contribution in [0.25, 0.3) is 6.08 Å². The fraction of sp³-hybridized carbons (Fsp3) is 0.528. The summed E-state index contributed by atoms with van der Waals surface area (Å²) in [5.74, 6) is 0.820. The van der Waals surface area contributed by atoms with Crippen molar-refractivity contribution in [2.75, 3.05) is 11.9 Å². The minimum atomic E-state index is -0.201. The number of allylic oxidation sites excluding steroid dienone is 2. The number of aromatic hydroxyl groups is 1. The van der Waals surface area contributed by atoms with E-state index in [4.69, 9.17) is 4.74 Å². The van der Waals surface area contributed by atoms with Crippen molar-refractivity contribution in [1.29, 1.82) is 0 Å². The Labute approximate surface area is 243 Å². The lowest BCUT2D eigenvalue weighted by atomic mass is 10.0. The van der Waals surface area contributed by atoms with Crippen molar-refractivity contribution in [2.24, 2.45) is 0 Å². The molecule has 0 spiro atoms. The highest BCUT2D eigenvalue weighted by Gasteiger charge is 2.04. The number of anilines is 1. The summed E-state index contributed by atoms with van der Waals surface area (Å²) in [6.07, 6.45) is 27.6. The van der Waals surface area contributed by atoms with Crippen LogP contribution in [0.2, 0.25) is 0 Å². The highest BCUT2D eigenvalue weighted by Crippen LogP contribution is 2.18. The number of ether oxygens (including phenoxy) is 1. The van der Waals surface area contributed by atoms with Crippen LogP contribution in [0.15, 0.2) is 66.3 Å². The van der Waals surface area contributed by atoms with Gasteiger partial charge < -0.3 is 15.2 Å². The van der Waals surface area contributed by atoms with Gasteiger partial charge >= 0.3 is 0 Å². The molecule has 0 heterocycles. The van der Waals surface area contributed by atoms with Gasteiger partial charge in [0, 0.05) is 17.3 Å². The van der Waals surface area contributed by atoms with Gasteiger partial charge in [-0.1, -0.05) is 140 Å². The first-order valence-electron chi connectivity index (χ1n) is 15.8. The summed E-state index contributed by atoms with van der Waals surface area (Å²) in [4.78, 5) is 12.3. The van der Waals surface area contributed by atoms with E-state index in [-0.39, 0.29) is 11.7 Å². The van der Waals surface area contributed by atoms with E-state index >= 15 is 0 Å². The molecule has 0 aromatic heterocycles. The molecule has 0 aliphatic carbocycles. The molecular weight excluding hydrogens is 494 g/mol. The second kappa shape index (κ2) is 21.8. The Morgan fingerprint density at radius 2 is 1.32 bits per heavy atom. The molecule has 0 bridgehead atoms. The summed E-state index contributed by atoms with van der Waals surface area (Å²) in [7, 11) is 0. The Hall–Kier alpha value is -3.01. The van der Waals surface area contributed by atoms with Crippen molar-refractivity contribution in [1.82, 2.24) is 0 Å². The van der Waals surface area contributed by atoms with E-state index in [1.807, 2.05) is 36.4 Å². The summed E-state index contributed by atoms with van der Waals surface area (Å²) < 4.78 is 5.91. The number of phenolic OH excluding ortho intramolecular Hbond substituents is 1. The average molecular weight is 548 g/mol. The fourth-order valence-electron chi connectivity index (χ4n) is 4.71. The quantitative estimate of drug-likeness (QED) is 0.0875. The van der Waals surface area contributed by atoms with Crippen LogP contribution in [0.4, 0.5) is 5.69 Å². The number of hydrogen-bond acceptors (Lipinski definition) is 3. The Morgan fingerprint density at radius 3 is 1.88 bits per heavy atom. The Bertz CT molecular complexity index is 993. The highest BCUT2D eigenvalue weighted by molar-refractivity contribution is 6.03. The van der Waals surface area contributed by atoms with Gasteiger partial charge in [0.05, 0.1) is 6.61 Å². The van der Waals surface area contributed by atoms with Crippen molar-refractivity contribution >= 4 is 17.7 Å². The molecule has 0 aliphatic rings. The minimum Gasteiger partial charge on any atom is -0.508 e. The largest absolute Gasteiger partial charge is 0.508 e. The van der Waals surface area contributed by atoms with Gasteiger partial charge in [0.2, 0.25) is 0 Å². The lowest BCUT2D eigenvalue weighted by Crippen LogP contribution is -2.12. The first kappa shape index (κ1) is 33.2. The van der Waals surface area contributed by atoms with Gasteiger partial charge in [-0.05, 0) is 43.2 Å². The van der Waals surface area contributed by atoms with Crippen molar-refractivity contribution in [3.8, 4) is 11.5 Å². The number of unbranched alkanes of at least 4 members (excludes halogenated alkanes) is 15. The fourth-order valence-corrected chi connectivity index (χ4v) is 4.71. The van der Waals surface area contributed by atoms with E-state index in [0.29, 0.717) is 11.3 Å². The predicted molar refractivity (Wildman–Crippen MR) is 171 cm³/mol. The molecule has 0 saturated heterocycles. The van der Waals surface area contributed by atoms with E-state index in [1.165, 1.54) is 102 Å². The molecule has 40 heavy (non-hydrogen) atoms. The van der Waals surface area contributed by atoms with Gasteiger partial charge in [-0.2, -0.15) is 0 Å². The first-order valence-corrected chi connectivity index (χ1v) is 15.8. The second-order valence-corrected chi connectivity index (χ2v) is 10.9. The molecule has 0 atom stereocenters. The highest BCUT2D eigenvalue weighted by atomic mass is 16.5. The second-order valence-electron chi connectivity index (χ2n) is 10.9. The third kappa shape index (κ3) is 16.2. The molecule has 0 aliphatic heterocycles. The van der Waals surface area contributed by atoms with Gasteiger partial charge in [0.15, 0.2) is 0 Å². The molecule has 2 N–H and O–H groups in total. The molecule has 0 fully saturated rings. The van der Waals surface area contributed by atoms with E-state index in [9.17, 15) is 9.90 Å². The van der Waals surface area contributed by atoms with Crippen LogP contribution in [0.5, 0.6) is 11.5 Å². The molecule has 2 aromatic rings. The Morgan fingerprint density at radius 1 is 0.775 bits per heavy atom. The number of carbonyl (C=O) groups is 1. The van der Waals surface area contributed by atoms with Crippen molar-refractivity contribution in [3.05, 3.63) is 71.8 Å². The van der Waals surface area contributed by atoms with Crippen LogP contribution in [0.3, 0.4) is 0 Å². The predicted octanol–water partition coefficient (Wildman–Crippen LogP) is 10.6. The van der Waals surface area contributed by atoms with Gasteiger partial charge in [-0.15, -0.1) is 0 Å². The van der Waals surface area contributed by atoms with Crippen LogP contribution in [-0.2, 0) is 4.79 Å². The SMILES string of the molecule is CCCCCCCCCCCCCCCCCCOc1ccc(C=CC=C(C)C(=O)Nc2cccc(O)c2)cc1. The number of rotatable bonds is 22. The summed E-state index contributed by atoms with van der Waals surface area (Å²) in [6.45, 7) is 4.81. The Kier molecular flexibility index (Phi) is 18.1. The zero-order valence-electron chi connectivity index (χ0n) is 25.1. The summed E-state index contributed by atoms with van der Waals surface area (Å²) >= 11 is 0. The zero-order chi connectivity index (χ0) is 28.7. The number of carbonyl (C=O) groups excluding carboxylic acids is 1. The number of hydrogen-bond donors (Lipinski definition) is 2. The summed E-state index contributed by atoms with van der Waals surface area (Å²) in [6, 6.07) is 14.6. The monoisotopic (exact) mass is 547 g/mol. The molecule has 2 rings (SSSR count). The smallest absolute Gasteiger partial charge is 0.251 e. The molecule has 4 heteroatoms. The van der Waals surface area contributed by atoms with E-state index in [2.05, 4.69) is 12.2 Å². The van der Waals surface area contributed by atoms with Crippen LogP contribution in [0.1, 0.15) is 122 Å². The van der Waals surface area contributed by atoms with Crippen molar-refractivity contribution in [3.63, 3.8) is 0 Å². The van der Waals surface area contributed by atoms with Gasteiger partial charge in [0.1, 0.15) is 11.5 Å².